The highest BCUT2D eigenvalue weighted by Gasteiger charge is 2.33. The van der Waals surface area contributed by atoms with Crippen molar-refractivity contribution in [2.24, 2.45) is 10.3 Å². The predicted octanol–water partition coefficient (Wildman–Crippen LogP) is 3.57. The van der Waals surface area contributed by atoms with Crippen LogP contribution in [0, 0.1) is 5.92 Å². The molecule has 0 unspecified atom stereocenters. The summed E-state index contributed by atoms with van der Waals surface area (Å²) in [5.41, 5.74) is 3.00. The number of carbonyl (C=O) groups is 1. The molecule has 0 spiro atoms. The number of para-hydroxylation sites is 1. The molecule has 0 radical (unpaired) electrons. The maximum atomic E-state index is 13.5. The third kappa shape index (κ3) is 3.92. The molecule has 6 N–H and O–H groups in total. The number of nitrogens with zero attached hydrogens (tertiary/aromatic N) is 3. The molecule has 13 heteroatoms. The van der Waals surface area contributed by atoms with Gasteiger partial charge in [0.05, 0.1) is 11.2 Å². The fourth-order valence-corrected chi connectivity index (χ4v) is 5.30. The van der Waals surface area contributed by atoms with Gasteiger partial charge < -0.3 is 25.4 Å². The molecule has 0 saturated heterocycles. The van der Waals surface area contributed by atoms with Crippen LogP contribution in [-0.4, -0.2) is 47.3 Å². The summed E-state index contributed by atoms with van der Waals surface area (Å²) in [5.74, 6) is -1.65. The van der Waals surface area contributed by atoms with Gasteiger partial charge >= 0.3 is 5.97 Å². The Morgan fingerprint density at radius 1 is 1.22 bits per heavy atom. The predicted molar refractivity (Wildman–Crippen MR) is 136 cm³/mol. The molecule has 3 heterocycles. The number of aromatic nitrogens is 2. The fraction of sp³-hybridized carbons (Fsp3) is 0.217. The number of amidine groups is 1. The van der Waals surface area contributed by atoms with Gasteiger partial charge in [0.2, 0.25) is 5.89 Å². The highest BCUT2D eigenvalue weighted by molar-refractivity contribution is 8.23. The van der Waals surface area contributed by atoms with Crippen molar-refractivity contribution >= 4 is 50.3 Å². The van der Waals surface area contributed by atoms with Crippen LogP contribution in [0.4, 0.5) is 5.69 Å². The first kappa shape index (κ1) is 23.7. The lowest BCUT2D eigenvalue weighted by Gasteiger charge is -2.34. The molecule has 5 rings (SSSR count). The van der Waals surface area contributed by atoms with Gasteiger partial charge in [-0.1, -0.05) is 36.8 Å². The van der Waals surface area contributed by atoms with Crippen molar-refractivity contribution in [3.63, 3.8) is 0 Å². The number of oxazole rings is 1. The summed E-state index contributed by atoms with van der Waals surface area (Å²) in [6.07, 6.45) is -0.488. The smallest absolute Gasteiger partial charge is 0.312 e. The number of carboxylic acids is 1. The lowest BCUT2D eigenvalue weighted by atomic mass is 10.1. The number of pyridine rings is 1. The van der Waals surface area contributed by atoms with E-state index < -0.39 is 28.7 Å². The van der Waals surface area contributed by atoms with Gasteiger partial charge in [-0.2, -0.15) is 0 Å². The number of aliphatic carboxylic acids is 1. The number of hydrogen-bond donors (Lipinski definition) is 6. The van der Waals surface area contributed by atoms with E-state index in [2.05, 4.69) is 20.1 Å². The van der Waals surface area contributed by atoms with Gasteiger partial charge in [-0.3, -0.25) is 18.7 Å². The second kappa shape index (κ2) is 8.55. The molecule has 0 fully saturated rings. The van der Waals surface area contributed by atoms with E-state index in [0.29, 0.717) is 17.4 Å². The summed E-state index contributed by atoms with van der Waals surface area (Å²) in [5, 5.41) is 23.3. The van der Waals surface area contributed by atoms with Gasteiger partial charge in [0, 0.05) is 11.9 Å². The Hall–Kier alpha value is -4.07. The summed E-state index contributed by atoms with van der Waals surface area (Å²) in [6.45, 7) is 4.43. The second-order valence-corrected chi connectivity index (χ2v) is 10.3. The van der Waals surface area contributed by atoms with Gasteiger partial charge in [-0.25, -0.2) is 9.66 Å². The maximum Gasteiger partial charge on any atom is 0.312 e. The third-order valence-electron chi connectivity index (χ3n) is 5.55. The molecule has 0 saturated carbocycles. The van der Waals surface area contributed by atoms with E-state index >= 15 is 0 Å². The zero-order valence-electron chi connectivity index (χ0n) is 19.2. The van der Waals surface area contributed by atoms with Gasteiger partial charge in [0.1, 0.15) is 28.1 Å². The van der Waals surface area contributed by atoms with E-state index in [1.807, 2.05) is 13.8 Å². The second-order valence-electron chi connectivity index (χ2n) is 8.69. The molecule has 2 aromatic heterocycles. The van der Waals surface area contributed by atoms with Crippen LogP contribution in [0.15, 0.2) is 54.9 Å². The molecule has 0 aliphatic carbocycles. The van der Waals surface area contributed by atoms with Crippen LogP contribution in [-0.2, 0) is 11.2 Å². The molecule has 12 nitrogen and oxygen atoms in total. The number of benzene rings is 2. The first-order chi connectivity index (χ1) is 17.1. The maximum absolute atomic E-state index is 13.5. The zero-order valence-corrected chi connectivity index (χ0v) is 20.0. The van der Waals surface area contributed by atoms with Crippen molar-refractivity contribution in [3.05, 3.63) is 58.2 Å². The molecule has 1 aliphatic heterocycles. The average molecular weight is 514 g/mol. The molecule has 1 aliphatic rings. The summed E-state index contributed by atoms with van der Waals surface area (Å²) >= 11 is 0. The number of hydrogen-bond acceptors (Lipinski definition) is 10. The minimum absolute atomic E-state index is 0.0396. The largest absolute Gasteiger partial charge is 0.506 e. The van der Waals surface area contributed by atoms with E-state index in [1.165, 1.54) is 16.8 Å². The van der Waals surface area contributed by atoms with Crippen LogP contribution in [0.2, 0.25) is 0 Å². The number of fused-ring (bicyclic) bond motifs is 4. The third-order valence-corrected chi connectivity index (χ3v) is 6.95. The number of anilines is 1. The van der Waals surface area contributed by atoms with Gasteiger partial charge in [-0.15, -0.1) is 4.40 Å². The molecule has 0 amide bonds. The Bertz CT molecular complexity index is 1620. The average Bonchev–Trinajstić information content (AvgIpc) is 3.19. The summed E-state index contributed by atoms with van der Waals surface area (Å²) in [4.78, 5) is 28.6. The number of carboxylic acid groups (broad SMARTS) is 1. The van der Waals surface area contributed by atoms with Crippen molar-refractivity contribution in [2.75, 3.05) is 17.3 Å². The van der Waals surface area contributed by atoms with Crippen LogP contribution in [0.3, 0.4) is 0 Å². The number of aromatic hydroxyl groups is 1. The highest BCUT2D eigenvalue weighted by Crippen LogP contribution is 2.58. The van der Waals surface area contributed by atoms with Crippen LogP contribution in [0.25, 0.3) is 22.0 Å². The normalized spacial score (nSPS) is 15.4. The lowest BCUT2D eigenvalue weighted by molar-refractivity contribution is -0.136. The van der Waals surface area contributed by atoms with E-state index in [-0.39, 0.29) is 50.6 Å². The quantitative estimate of drug-likeness (QED) is 0.223. The molecule has 4 aromatic rings. The molecule has 36 heavy (non-hydrogen) atoms. The van der Waals surface area contributed by atoms with Crippen molar-refractivity contribution in [3.8, 4) is 5.75 Å². The lowest BCUT2D eigenvalue weighted by Crippen LogP contribution is -2.37. The van der Waals surface area contributed by atoms with Gasteiger partial charge in [0.15, 0.2) is 11.4 Å². The summed E-state index contributed by atoms with van der Waals surface area (Å²) in [6, 6.07) is 9.73. The van der Waals surface area contributed by atoms with Crippen LogP contribution >= 0.6 is 10.8 Å². The highest BCUT2D eigenvalue weighted by atomic mass is 32.3. The standard InChI is InChI=1S/C23H23N5O7S/c1-11(2)10-24-28-14-6-4-3-5-12(14)20(31)18(23(28)32)22-25-13-7-8-15-19(21(13)36(33,34)27-22)26-16(35-15)9-17(29)30/h3-8,11,24,31,33-34H,9-10H2,1-2H3,(H,25,27)(H,29,30). The Morgan fingerprint density at radius 2 is 1.97 bits per heavy atom. The molecular formula is C23H23N5O7S. The monoisotopic (exact) mass is 513 g/mol. The molecule has 0 atom stereocenters. The van der Waals surface area contributed by atoms with E-state index in [9.17, 15) is 23.8 Å². The minimum Gasteiger partial charge on any atom is -0.506 e. The van der Waals surface area contributed by atoms with Crippen molar-refractivity contribution in [2.45, 2.75) is 25.2 Å². The molecule has 188 valence electrons. The van der Waals surface area contributed by atoms with Crippen molar-refractivity contribution in [1.29, 1.82) is 0 Å². The summed E-state index contributed by atoms with van der Waals surface area (Å²) < 4.78 is 32.7. The van der Waals surface area contributed by atoms with Crippen LogP contribution < -0.4 is 16.3 Å². The zero-order chi connectivity index (χ0) is 25.8. The Balaban J connectivity index is 1.68. The van der Waals surface area contributed by atoms with Crippen LogP contribution in [0.1, 0.15) is 25.3 Å². The van der Waals surface area contributed by atoms with E-state index in [1.54, 1.807) is 24.3 Å². The van der Waals surface area contributed by atoms with E-state index in [0.717, 1.165) is 0 Å². The first-order valence-corrected chi connectivity index (χ1v) is 12.5. The SMILES string of the molecule is CC(C)CNn1c(=O)c(C2=NS(O)(O)c3c(ccc4oc(CC(=O)O)nc34)N2)c(O)c2ccccc21. The number of rotatable bonds is 6. The Labute approximate surface area is 205 Å². The summed E-state index contributed by atoms with van der Waals surface area (Å²) in [7, 11) is -3.93. The Morgan fingerprint density at radius 3 is 2.69 bits per heavy atom. The molecule has 0 bridgehead atoms. The Kier molecular flexibility index (Phi) is 5.62. The van der Waals surface area contributed by atoms with E-state index in [4.69, 9.17) is 9.52 Å². The number of nitrogens with one attached hydrogen (secondary N) is 2. The first-order valence-electron chi connectivity index (χ1n) is 11.0. The fourth-order valence-electron chi connectivity index (χ4n) is 4.00. The van der Waals surface area contributed by atoms with Crippen molar-refractivity contribution in [1.82, 2.24) is 9.66 Å². The molecular weight excluding hydrogens is 490 g/mol. The molecule has 2 aromatic carbocycles. The van der Waals surface area contributed by atoms with Crippen molar-refractivity contribution < 1.29 is 28.5 Å². The van der Waals surface area contributed by atoms with Gasteiger partial charge in [-0.05, 0) is 30.2 Å². The minimum atomic E-state index is -3.93. The topological polar surface area (TPSA) is 182 Å². The van der Waals surface area contributed by atoms with Crippen LogP contribution in [0.5, 0.6) is 5.75 Å². The van der Waals surface area contributed by atoms with Gasteiger partial charge in [0.25, 0.3) is 5.56 Å².